The predicted octanol–water partition coefficient (Wildman–Crippen LogP) is 4.39. The normalized spacial score (nSPS) is 16.3. The molecule has 0 bridgehead atoms. The Bertz CT molecular complexity index is 1520. The van der Waals surface area contributed by atoms with E-state index in [1.54, 1.807) is 25.1 Å². The second-order valence-corrected chi connectivity index (χ2v) is 11.2. The van der Waals surface area contributed by atoms with Crippen molar-refractivity contribution >= 4 is 23.2 Å². The largest absolute Gasteiger partial charge is 0.365 e. The van der Waals surface area contributed by atoms with E-state index in [1.807, 2.05) is 39.1 Å². The van der Waals surface area contributed by atoms with Crippen LogP contribution in [-0.4, -0.2) is 56.7 Å². The van der Waals surface area contributed by atoms with Crippen molar-refractivity contribution in [2.75, 3.05) is 29.9 Å². The van der Waals surface area contributed by atoms with Gasteiger partial charge in [-0.2, -0.15) is 4.98 Å². The van der Waals surface area contributed by atoms with Crippen molar-refractivity contribution in [3.8, 4) is 11.3 Å². The van der Waals surface area contributed by atoms with Crippen LogP contribution in [0.25, 0.3) is 11.3 Å². The van der Waals surface area contributed by atoms with Gasteiger partial charge in [0.1, 0.15) is 23.8 Å². The molecule has 214 valence electrons. The zero-order valence-corrected chi connectivity index (χ0v) is 23.8. The lowest BCUT2D eigenvalue weighted by atomic mass is 9.96. The zero-order valence-electron chi connectivity index (χ0n) is 23.8. The van der Waals surface area contributed by atoms with Gasteiger partial charge in [0.05, 0.1) is 23.6 Å². The second-order valence-electron chi connectivity index (χ2n) is 11.2. The number of piperazine rings is 1. The van der Waals surface area contributed by atoms with Gasteiger partial charge >= 0.3 is 11.8 Å². The summed E-state index contributed by atoms with van der Waals surface area (Å²) in [5.41, 5.74) is 2.12. The van der Waals surface area contributed by atoms with Gasteiger partial charge in [-0.1, -0.05) is 38.1 Å². The molecule has 1 aliphatic heterocycles. The lowest BCUT2D eigenvalue weighted by Gasteiger charge is -2.35. The standard InChI is InChI=1S/C29H34FN9O2/c1-17-14-31-10-11-39(17)20-7-9-24(32-15-20)36-25-13-23(33-16-34-25)19-6-8-21(22(30)12-19)18(2)35-26(40)27-37-28(38-41-27)29(3,4)5/h6-9,12-13,15-18,31H,10-11,14H2,1-5H3,(H,35,40)(H,32,33,34,36)/t17-,18+/m0/s1. The highest BCUT2D eigenvalue weighted by Gasteiger charge is 2.25. The number of nitrogens with one attached hydrogen (secondary N) is 3. The van der Waals surface area contributed by atoms with Crippen LogP contribution < -0.4 is 20.9 Å². The Morgan fingerprint density at radius 3 is 2.66 bits per heavy atom. The van der Waals surface area contributed by atoms with Crippen molar-refractivity contribution in [2.24, 2.45) is 0 Å². The number of carbonyl (C=O) groups is 1. The van der Waals surface area contributed by atoms with Crippen LogP contribution in [0.3, 0.4) is 0 Å². The van der Waals surface area contributed by atoms with Crippen molar-refractivity contribution < 1.29 is 13.7 Å². The molecule has 1 aromatic carbocycles. The minimum absolute atomic E-state index is 0.165. The Morgan fingerprint density at radius 2 is 1.98 bits per heavy atom. The van der Waals surface area contributed by atoms with Crippen LogP contribution in [0.15, 0.2) is 53.4 Å². The highest BCUT2D eigenvalue weighted by atomic mass is 19.1. The summed E-state index contributed by atoms with van der Waals surface area (Å²) in [7, 11) is 0. The van der Waals surface area contributed by atoms with E-state index in [9.17, 15) is 4.79 Å². The summed E-state index contributed by atoms with van der Waals surface area (Å²) in [5, 5.41) is 13.2. The molecule has 1 saturated heterocycles. The molecule has 1 fully saturated rings. The Balaban J connectivity index is 1.25. The first-order chi connectivity index (χ1) is 19.6. The third-order valence-electron chi connectivity index (χ3n) is 6.91. The van der Waals surface area contributed by atoms with Crippen molar-refractivity contribution in [1.29, 1.82) is 0 Å². The molecule has 0 saturated carbocycles. The third-order valence-corrected chi connectivity index (χ3v) is 6.91. The van der Waals surface area contributed by atoms with Crippen LogP contribution in [0.2, 0.25) is 0 Å². The Hall–Kier alpha value is -4.45. The van der Waals surface area contributed by atoms with Gasteiger partial charge in [0.15, 0.2) is 5.82 Å². The molecular weight excluding hydrogens is 525 g/mol. The van der Waals surface area contributed by atoms with Gasteiger partial charge in [-0.25, -0.2) is 19.3 Å². The number of hydrogen-bond acceptors (Lipinski definition) is 10. The second kappa shape index (κ2) is 11.6. The average molecular weight is 560 g/mol. The van der Waals surface area contributed by atoms with E-state index in [1.165, 1.54) is 12.4 Å². The monoisotopic (exact) mass is 559 g/mol. The summed E-state index contributed by atoms with van der Waals surface area (Å²) in [5.74, 6) is 0.376. The molecule has 3 aromatic heterocycles. The summed E-state index contributed by atoms with van der Waals surface area (Å²) in [4.78, 5) is 32.2. The predicted molar refractivity (Wildman–Crippen MR) is 154 cm³/mol. The molecule has 5 rings (SSSR count). The van der Waals surface area contributed by atoms with Gasteiger partial charge in [-0.05, 0) is 32.0 Å². The van der Waals surface area contributed by atoms with Crippen molar-refractivity contribution in [3.63, 3.8) is 0 Å². The highest BCUT2D eigenvalue weighted by Crippen LogP contribution is 2.26. The number of benzene rings is 1. The minimum Gasteiger partial charge on any atom is -0.365 e. The SMILES string of the molecule is C[C@@H](NC(=O)c1nc(C(C)(C)C)no1)c1ccc(-c2cc(Nc3ccc(N4CCNC[C@@H]4C)cn3)ncn2)cc1F. The number of pyridine rings is 1. The Kier molecular flexibility index (Phi) is 7.93. The summed E-state index contributed by atoms with van der Waals surface area (Å²) in [6.45, 7) is 12.4. The van der Waals surface area contributed by atoms with Crippen LogP contribution in [0.1, 0.15) is 62.7 Å². The van der Waals surface area contributed by atoms with Crippen LogP contribution >= 0.6 is 0 Å². The molecule has 4 aromatic rings. The van der Waals surface area contributed by atoms with Crippen LogP contribution in [0.4, 0.5) is 21.7 Å². The van der Waals surface area contributed by atoms with E-state index < -0.39 is 17.8 Å². The lowest BCUT2D eigenvalue weighted by Crippen LogP contribution is -2.49. The van der Waals surface area contributed by atoms with E-state index in [4.69, 9.17) is 4.52 Å². The number of aromatic nitrogens is 5. The molecule has 0 unspecified atom stereocenters. The van der Waals surface area contributed by atoms with Gasteiger partial charge < -0.3 is 25.4 Å². The fraction of sp³-hybridized carbons (Fsp3) is 0.379. The number of halogens is 1. The first-order valence-electron chi connectivity index (χ1n) is 13.6. The summed E-state index contributed by atoms with van der Waals surface area (Å²) < 4.78 is 20.3. The molecule has 3 N–H and O–H groups in total. The summed E-state index contributed by atoms with van der Waals surface area (Å²) in [6, 6.07) is 10.2. The Morgan fingerprint density at radius 1 is 1.15 bits per heavy atom. The van der Waals surface area contributed by atoms with Gasteiger partial charge in [-0.3, -0.25) is 4.79 Å². The molecule has 11 nitrogen and oxygen atoms in total. The number of rotatable bonds is 7. The quantitative estimate of drug-likeness (QED) is 0.299. The molecular formula is C29H34FN9O2. The number of nitrogens with zero attached hydrogens (tertiary/aromatic N) is 6. The van der Waals surface area contributed by atoms with Crippen molar-refractivity contribution in [3.05, 3.63) is 72.0 Å². The molecule has 41 heavy (non-hydrogen) atoms. The molecule has 12 heteroatoms. The average Bonchev–Trinajstić information content (AvgIpc) is 3.46. The number of anilines is 3. The van der Waals surface area contributed by atoms with E-state index in [0.29, 0.717) is 40.3 Å². The maximum Gasteiger partial charge on any atom is 0.315 e. The lowest BCUT2D eigenvalue weighted by molar-refractivity contribution is 0.0895. The zero-order chi connectivity index (χ0) is 29.1. The minimum atomic E-state index is -0.637. The molecule has 0 spiro atoms. The van der Waals surface area contributed by atoms with Crippen molar-refractivity contribution in [2.45, 2.75) is 52.1 Å². The van der Waals surface area contributed by atoms with Gasteiger partial charge in [0.2, 0.25) is 0 Å². The van der Waals surface area contributed by atoms with Crippen LogP contribution in [0.5, 0.6) is 0 Å². The molecule has 0 radical (unpaired) electrons. The fourth-order valence-corrected chi connectivity index (χ4v) is 4.56. The van der Waals surface area contributed by atoms with Crippen molar-refractivity contribution in [1.82, 2.24) is 35.7 Å². The highest BCUT2D eigenvalue weighted by molar-refractivity contribution is 5.89. The number of hydrogen-bond donors (Lipinski definition) is 3. The van der Waals surface area contributed by atoms with Gasteiger partial charge in [0.25, 0.3) is 0 Å². The van der Waals surface area contributed by atoms with Gasteiger partial charge in [-0.15, -0.1) is 0 Å². The van der Waals surface area contributed by atoms with Gasteiger partial charge in [0, 0.05) is 48.3 Å². The molecule has 0 aliphatic carbocycles. The van der Waals surface area contributed by atoms with Crippen LogP contribution in [0, 0.1) is 5.82 Å². The first-order valence-corrected chi connectivity index (χ1v) is 13.6. The number of amides is 1. The molecule has 2 atom stereocenters. The third kappa shape index (κ3) is 6.49. The molecule has 1 aliphatic rings. The van der Waals surface area contributed by atoms with E-state index in [-0.39, 0.29) is 11.3 Å². The Labute approximate surface area is 238 Å². The first kappa shape index (κ1) is 28.1. The summed E-state index contributed by atoms with van der Waals surface area (Å²) in [6.07, 6.45) is 3.27. The number of carbonyl (C=O) groups excluding carboxylic acids is 1. The topological polar surface area (TPSA) is 134 Å². The fourth-order valence-electron chi connectivity index (χ4n) is 4.56. The molecule has 4 heterocycles. The van der Waals surface area contributed by atoms with E-state index in [2.05, 4.69) is 52.9 Å². The van der Waals surface area contributed by atoms with Crippen LogP contribution in [-0.2, 0) is 5.41 Å². The van der Waals surface area contributed by atoms with E-state index in [0.717, 1.165) is 25.3 Å². The smallest absolute Gasteiger partial charge is 0.315 e. The maximum atomic E-state index is 15.2. The van der Waals surface area contributed by atoms with E-state index >= 15 is 4.39 Å². The molecule has 1 amide bonds. The summed E-state index contributed by atoms with van der Waals surface area (Å²) >= 11 is 0. The maximum absolute atomic E-state index is 15.2.